The van der Waals surface area contributed by atoms with Crippen LogP contribution >= 0.6 is 11.6 Å². The van der Waals surface area contributed by atoms with Crippen LogP contribution in [0.3, 0.4) is 0 Å². The number of ether oxygens (including phenoxy) is 1. The minimum Gasteiger partial charge on any atom is -0.458 e. The fourth-order valence-electron chi connectivity index (χ4n) is 3.59. The lowest BCUT2D eigenvalue weighted by Crippen LogP contribution is -2.60. The van der Waals surface area contributed by atoms with Gasteiger partial charge in [0.2, 0.25) is 0 Å². The number of carbonyl (C=O) groups excluding carboxylic acids is 3. The first-order valence-electron chi connectivity index (χ1n) is 10.5. The number of non-ortho nitro benzene ring substituents is 1. The molecule has 0 spiro atoms. The molecule has 1 heterocycles. The van der Waals surface area contributed by atoms with Crippen LogP contribution in [-0.4, -0.2) is 52.3 Å². The largest absolute Gasteiger partial charge is 0.458 e. The zero-order chi connectivity index (χ0) is 25.2. The fraction of sp³-hybridized carbons (Fsp3) is 0.348. The Bertz CT molecular complexity index is 1130. The van der Waals surface area contributed by atoms with Crippen molar-refractivity contribution >= 4 is 46.4 Å². The Morgan fingerprint density at radius 2 is 1.79 bits per heavy atom. The number of rotatable bonds is 6. The predicted octanol–water partition coefficient (Wildman–Crippen LogP) is 2.96. The highest BCUT2D eigenvalue weighted by Gasteiger charge is 2.41. The maximum Gasteiger partial charge on any atom is 0.329 e. The average molecular weight is 489 g/mol. The first kappa shape index (κ1) is 25.0. The molecule has 0 radical (unpaired) electrons. The Kier molecular flexibility index (Phi) is 7.11. The van der Waals surface area contributed by atoms with E-state index in [-0.39, 0.29) is 30.9 Å². The van der Waals surface area contributed by atoms with E-state index in [1.807, 2.05) is 0 Å². The third-order valence-corrected chi connectivity index (χ3v) is 5.40. The van der Waals surface area contributed by atoms with E-state index in [2.05, 4.69) is 0 Å². The van der Waals surface area contributed by atoms with Crippen molar-refractivity contribution in [2.24, 2.45) is 0 Å². The molecule has 11 heteroatoms. The number of hydrogen-bond acceptors (Lipinski definition) is 7. The third-order valence-electron chi connectivity index (χ3n) is 5.17. The summed E-state index contributed by atoms with van der Waals surface area (Å²) in [6, 6.07) is 9.15. The van der Waals surface area contributed by atoms with Crippen molar-refractivity contribution in [1.82, 2.24) is 4.90 Å². The highest BCUT2D eigenvalue weighted by molar-refractivity contribution is 6.41. The van der Waals surface area contributed by atoms with Gasteiger partial charge in [0.25, 0.3) is 5.69 Å². The van der Waals surface area contributed by atoms with E-state index in [0.29, 0.717) is 16.3 Å². The molecule has 2 N–H and O–H groups in total. The molecule has 1 saturated heterocycles. The number of amides is 2. The Balaban J connectivity index is 1.89. The van der Waals surface area contributed by atoms with Gasteiger partial charge in [0, 0.05) is 36.7 Å². The Morgan fingerprint density at radius 3 is 2.38 bits per heavy atom. The maximum absolute atomic E-state index is 13.1. The number of hydrogen-bond donors (Lipinski definition) is 1. The van der Waals surface area contributed by atoms with Gasteiger partial charge in [-0.3, -0.25) is 19.7 Å². The Labute approximate surface area is 201 Å². The summed E-state index contributed by atoms with van der Waals surface area (Å²) in [7, 11) is 0. The topological polar surface area (TPSA) is 136 Å². The van der Waals surface area contributed by atoms with E-state index < -0.39 is 34.3 Å². The summed E-state index contributed by atoms with van der Waals surface area (Å²) in [5, 5.41) is 11.3. The number of benzene rings is 2. The van der Waals surface area contributed by atoms with Crippen molar-refractivity contribution in [3.05, 3.63) is 63.2 Å². The van der Waals surface area contributed by atoms with Crippen LogP contribution in [0, 0.1) is 10.1 Å². The lowest BCUT2D eigenvalue weighted by atomic mass is 10.0. The average Bonchev–Trinajstić information content (AvgIpc) is 2.75. The van der Waals surface area contributed by atoms with Crippen LogP contribution in [-0.2, 0) is 25.5 Å². The quantitative estimate of drug-likeness (QED) is 0.217. The molecule has 0 saturated carbocycles. The van der Waals surface area contributed by atoms with Crippen molar-refractivity contribution in [3.8, 4) is 0 Å². The second-order valence-corrected chi connectivity index (χ2v) is 9.27. The Hall–Kier alpha value is -3.66. The molecule has 3 rings (SSSR count). The lowest BCUT2D eigenvalue weighted by molar-refractivity contribution is -0.384. The zero-order valence-corrected chi connectivity index (χ0v) is 19.7. The monoisotopic (exact) mass is 488 g/mol. The third kappa shape index (κ3) is 5.63. The normalized spacial score (nSPS) is 15.3. The molecule has 2 aromatic carbocycles. The van der Waals surface area contributed by atoms with Gasteiger partial charge in [0.15, 0.2) is 0 Å². The summed E-state index contributed by atoms with van der Waals surface area (Å²) in [4.78, 5) is 52.0. The second kappa shape index (κ2) is 9.68. The first-order valence-corrected chi connectivity index (χ1v) is 10.9. The van der Waals surface area contributed by atoms with Gasteiger partial charge in [-0.25, -0.2) is 4.79 Å². The molecule has 10 nitrogen and oxygen atoms in total. The van der Waals surface area contributed by atoms with Gasteiger partial charge in [-0.05, 0) is 44.5 Å². The molecule has 1 fully saturated rings. The summed E-state index contributed by atoms with van der Waals surface area (Å²) >= 11 is 6.03. The maximum atomic E-state index is 13.1. The SMILES string of the molecule is CC(C)(C)OC(=O)[C@H](Cc1ccc([N+](=O)[O-])cc1)N1CCN(c2cc(Cl)ccc2N)C(=O)C1=O. The van der Waals surface area contributed by atoms with Crippen LogP contribution in [0.2, 0.25) is 5.02 Å². The second-order valence-electron chi connectivity index (χ2n) is 8.84. The molecule has 2 amide bonds. The number of nitro benzene ring substituents is 1. The summed E-state index contributed by atoms with van der Waals surface area (Å²) in [5.74, 6) is -2.41. The van der Waals surface area contributed by atoms with Crippen LogP contribution in [0.4, 0.5) is 17.1 Å². The highest BCUT2D eigenvalue weighted by atomic mass is 35.5. The summed E-state index contributed by atoms with van der Waals surface area (Å²) < 4.78 is 5.51. The summed E-state index contributed by atoms with van der Waals surface area (Å²) in [5.41, 5.74) is 6.22. The van der Waals surface area contributed by atoms with Gasteiger partial charge in [-0.15, -0.1) is 0 Å². The van der Waals surface area contributed by atoms with Crippen molar-refractivity contribution in [2.45, 2.75) is 38.8 Å². The van der Waals surface area contributed by atoms with Gasteiger partial charge in [-0.1, -0.05) is 23.7 Å². The van der Waals surface area contributed by atoms with E-state index in [4.69, 9.17) is 22.1 Å². The fourth-order valence-corrected chi connectivity index (χ4v) is 3.76. The van der Waals surface area contributed by atoms with Crippen LogP contribution < -0.4 is 10.6 Å². The molecular formula is C23H25ClN4O6. The standard InChI is InChI=1S/C23H25ClN4O6/c1-23(2,3)34-22(31)19(12-14-4-7-16(8-5-14)28(32)33)27-11-10-26(20(29)21(27)30)18-13-15(24)6-9-17(18)25/h4-9,13,19H,10-12,25H2,1-3H3/t19-/m0/s1. The van der Waals surface area contributed by atoms with Gasteiger partial charge < -0.3 is 20.3 Å². The number of halogens is 1. The van der Waals surface area contributed by atoms with Gasteiger partial charge in [0.1, 0.15) is 11.6 Å². The van der Waals surface area contributed by atoms with E-state index in [9.17, 15) is 24.5 Å². The molecule has 2 aromatic rings. The lowest BCUT2D eigenvalue weighted by Gasteiger charge is -2.38. The number of nitro groups is 1. The molecule has 34 heavy (non-hydrogen) atoms. The molecule has 180 valence electrons. The van der Waals surface area contributed by atoms with Crippen LogP contribution in [0.1, 0.15) is 26.3 Å². The smallest absolute Gasteiger partial charge is 0.329 e. The van der Waals surface area contributed by atoms with Crippen LogP contribution in [0.5, 0.6) is 0 Å². The number of nitrogen functional groups attached to an aromatic ring is 1. The molecule has 0 bridgehead atoms. The number of nitrogens with two attached hydrogens (primary N) is 1. The number of esters is 1. The molecular weight excluding hydrogens is 464 g/mol. The molecule has 0 aliphatic carbocycles. The molecule has 0 aromatic heterocycles. The van der Waals surface area contributed by atoms with Crippen molar-refractivity contribution in [3.63, 3.8) is 0 Å². The van der Waals surface area contributed by atoms with E-state index in [1.165, 1.54) is 40.1 Å². The number of nitrogens with zero attached hydrogens (tertiary/aromatic N) is 3. The molecule has 1 aliphatic heterocycles. The molecule has 1 aliphatic rings. The van der Waals surface area contributed by atoms with E-state index in [0.717, 1.165) is 0 Å². The van der Waals surface area contributed by atoms with E-state index in [1.54, 1.807) is 32.9 Å². The van der Waals surface area contributed by atoms with E-state index >= 15 is 0 Å². The predicted molar refractivity (Wildman–Crippen MR) is 126 cm³/mol. The van der Waals surface area contributed by atoms with Crippen molar-refractivity contribution in [2.75, 3.05) is 23.7 Å². The van der Waals surface area contributed by atoms with Crippen molar-refractivity contribution in [1.29, 1.82) is 0 Å². The van der Waals surface area contributed by atoms with Crippen molar-refractivity contribution < 1.29 is 24.0 Å². The number of carbonyl (C=O) groups is 3. The van der Waals surface area contributed by atoms with Gasteiger partial charge in [0.05, 0.1) is 16.3 Å². The summed E-state index contributed by atoms with van der Waals surface area (Å²) in [6.07, 6.45) is 0.0191. The minimum atomic E-state index is -1.10. The van der Waals surface area contributed by atoms with Gasteiger partial charge in [-0.2, -0.15) is 0 Å². The van der Waals surface area contributed by atoms with Crippen LogP contribution in [0.15, 0.2) is 42.5 Å². The highest BCUT2D eigenvalue weighted by Crippen LogP contribution is 2.29. The zero-order valence-electron chi connectivity index (χ0n) is 19.0. The number of anilines is 2. The van der Waals surface area contributed by atoms with Gasteiger partial charge >= 0.3 is 17.8 Å². The number of piperazine rings is 1. The molecule has 0 unspecified atom stereocenters. The Morgan fingerprint density at radius 1 is 1.15 bits per heavy atom. The molecule has 1 atom stereocenters. The van der Waals surface area contributed by atoms with Crippen LogP contribution in [0.25, 0.3) is 0 Å². The first-order chi connectivity index (χ1) is 15.9. The summed E-state index contributed by atoms with van der Waals surface area (Å²) in [6.45, 7) is 5.23. The minimum absolute atomic E-state index is 0.0191.